The Kier molecular flexibility index (Phi) is 3.71. The Labute approximate surface area is 78.9 Å². The van der Waals surface area contributed by atoms with Crippen LogP contribution in [0.5, 0.6) is 5.75 Å². The number of nitrogens with zero attached hydrogens (tertiary/aromatic N) is 1. The second kappa shape index (κ2) is 4.82. The fourth-order valence-electron chi connectivity index (χ4n) is 1.12. The molecule has 72 valence electrons. The van der Waals surface area contributed by atoms with Crippen LogP contribution in [0, 0.1) is 6.92 Å². The van der Waals surface area contributed by atoms with Gasteiger partial charge in [-0.15, -0.1) is 0 Å². The second-order valence-corrected chi connectivity index (χ2v) is 3.14. The van der Waals surface area contributed by atoms with E-state index in [1.54, 1.807) is 6.20 Å². The van der Waals surface area contributed by atoms with Gasteiger partial charge in [0, 0.05) is 18.0 Å². The van der Waals surface area contributed by atoms with Gasteiger partial charge in [0.25, 0.3) is 0 Å². The van der Waals surface area contributed by atoms with Gasteiger partial charge in [-0.05, 0) is 32.9 Å². The third kappa shape index (κ3) is 3.42. The van der Waals surface area contributed by atoms with Crippen LogP contribution < -0.4 is 10.5 Å². The van der Waals surface area contributed by atoms with Gasteiger partial charge in [0.2, 0.25) is 0 Å². The van der Waals surface area contributed by atoms with E-state index in [1.165, 1.54) is 0 Å². The Balaban J connectivity index is 2.53. The molecule has 0 saturated carbocycles. The van der Waals surface area contributed by atoms with E-state index >= 15 is 0 Å². The standard InChI is InChI=1S/C10H16N2O/c1-8-7-10(4-6-12-8)13-9(2)3-5-11/h4,6-7,9H,3,5,11H2,1-2H3. The topological polar surface area (TPSA) is 48.1 Å². The summed E-state index contributed by atoms with van der Waals surface area (Å²) in [6.07, 6.45) is 2.80. The van der Waals surface area contributed by atoms with Gasteiger partial charge in [-0.25, -0.2) is 0 Å². The lowest BCUT2D eigenvalue weighted by Crippen LogP contribution is -2.16. The summed E-state index contributed by atoms with van der Waals surface area (Å²) in [4.78, 5) is 4.09. The Morgan fingerprint density at radius 1 is 1.62 bits per heavy atom. The molecule has 0 saturated heterocycles. The van der Waals surface area contributed by atoms with E-state index in [4.69, 9.17) is 10.5 Å². The first-order valence-electron chi connectivity index (χ1n) is 4.51. The zero-order chi connectivity index (χ0) is 9.68. The van der Waals surface area contributed by atoms with E-state index in [0.717, 1.165) is 17.9 Å². The largest absolute Gasteiger partial charge is 0.491 e. The molecule has 0 amide bonds. The van der Waals surface area contributed by atoms with Crippen molar-refractivity contribution in [1.29, 1.82) is 0 Å². The van der Waals surface area contributed by atoms with Crippen LogP contribution in [-0.2, 0) is 0 Å². The predicted molar refractivity (Wildman–Crippen MR) is 52.7 cm³/mol. The van der Waals surface area contributed by atoms with Gasteiger partial charge in [-0.1, -0.05) is 0 Å². The smallest absolute Gasteiger partial charge is 0.123 e. The molecule has 0 spiro atoms. The minimum atomic E-state index is 0.173. The molecular weight excluding hydrogens is 164 g/mol. The molecule has 0 aliphatic heterocycles. The molecule has 1 aromatic heterocycles. The zero-order valence-electron chi connectivity index (χ0n) is 8.16. The lowest BCUT2D eigenvalue weighted by Gasteiger charge is -2.13. The van der Waals surface area contributed by atoms with E-state index in [-0.39, 0.29) is 6.10 Å². The van der Waals surface area contributed by atoms with Crippen LogP contribution >= 0.6 is 0 Å². The van der Waals surface area contributed by atoms with Crippen molar-refractivity contribution in [3.63, 3.8) is 0 Å². The molecule has 0 radical (unpaired) electrons. The van der Waals surface area contributed by atoms with Crippen LogP contribution in [0.25, 0.3) is 0 Å². The quantitative estimate of drug-likeness (QED) is 0.764. The normalized spacial score (nSPS) is 12.5. The molecular formula is C10H16N2O. The van der Waals surface area contributed by atoms with Gasteiger partial charge < -0.3 is 10.5 Å². The maximum absolute atomic E-state index is 5.62. The monoisotopic (exact) mass is 180 g/mol. The van der Waals surface area contributed by atoms with E-state index in [1.807, 2.05) is 26.0 Å². The highest BCUT2D eigenvalue weighted by Gasteiger charge is 2.02. The molecule has 1 heterocycles. The predicted octanol–water partition coefficient (Wildman–Crippen LogP) is 1.51. The molecule has 3 heteroatoms. The van der Waals surface area contributed by atoms with Crippen molar-refractivity contribution in [2.45, 2.75) is 26.4 Å². The van der Waals surface area contributed by atoms with Crippen molar-refractivity contribution in [3.8, 4) is 5.75 Å². The highest BCUT2D eigenvalue weighted by Crippen LogP contribution is 2.12. The van der Waals surface area contributed by atoms with Gasteiger partial charge in [0.15, 0.2) is 0 Å². The Hall–Kier alpha value is -1.09. The van der Waals surface area contributed by atoms with Gasteiger partial charge >= 0.3 is 0 Å². The van der Waals surface area contributed by atoms with Crippen molar-refractivity contribution >= 4 is 0 Å². The van der Waals surface area contributed by atoms with Gasteiger partial charge in [-0.2, -0.15) is 0 Å². The molecule has 1 atom stereocenters. The number of ether oxygens (including phenoxy) is 1. The number of pyridine rings is 1. The van der Waals surface area contributed by atoms with Crippen molar-refractivity contribution in [1.82, 2.24) is 4.98 Å². The third-order valence-electron chi connectivity index (χ3n) is 1.78. The van der Waals surface area contributed by atoms with Gasteiger partial charge in [0.1, 0.15) is 5.75 Å². The molecule has 3 nitrogen and oxygen atoms in total. The molecule has 0 bridgehead atoms. The van der Waals surface area contributed by atoms with Crippen molar-refractivity contribution in [2.75, 3.05) is 6.54 Å². The van der Waals surface area contributed by atoms with E-state index in [9.17, 15) is 0 Å². The summed E-state index contributed by atoms with van der Waals surface area (Å²) in [5, 5.41) is 0. The second-order valence-electron chi connectivity index (χ2n) is 3.14. The number of nitrogens with two attached hydrogens (primary N) is 1. The summed E-state index contributed by atoms with van der Waals surface area (Å²) in [5.41, 5.74) is 6.39. The summed E-state index contributed by atoms with van der Waals surface area (Å²) in [7, 11) is 0. The van der Waals surface area contributed by atoms with Gasteiger partial charge in [-0.3, -0.25) is 4.98 Å². The molecule has 2 N–H and O–H groups in total. The highest BCUT2D eigenvalue weighted by atomic mass is 16.5. The zero-order valence-corrected chi connectivity index (χ0v) is 8.16. The fraction of sp³-hybridized carbons (Fsp3) is 0.500. The highest BCUT2D eigenvalue weighted by molar-refractivity contribution is 5.21. The Morgan fingerprint density at radius 3 is 3.00 bits per heavy atom. The first-order valence-corrected chi connectivity index (χ1v) is 4.51. The molecule has 0 fully saturated rings. The van der Waals surface area contributed by atoms with Crippen LogP contribution in [0.3, 0.4) is 0 Å². The number of rotatable bonds is 4. The van der Waals surface area contributed by atoms with Crippen LogP contribution in [0.15, 0.2) is 18.3 Å². The molecule has 0 aromatic carbocycles. The average Bonchev–Trinajstić information content (AvgIpc) is 2.04. The molecule has 1 rings (SSSR count). The number of hydrogen-bond acceptors (Lipinski definition) is 3. The van der Waals surface area contributed by atoms with Crippen LogP contribution in [0.1, 0.15) is 19.0 Å². The summed E-state index contributed by atoms with van der Waals surface area (Å²) in [6.45, 7) is 4.62. The number of hydrogen-bond donors (Lipinski definition) is 1. The number of aryl methyl sites for hydroxylation is 1. The van der Waals surface area contributed by atoms with Crippen molar-refractivity contribution in [3.05, 3.63) is 24.0 Å². The summed E-state index contributed by atoms with van der Waals surface area (Å²) in [5.74, 6) is 0.869. The molecule has 0 aliphatic carbocycles. The first-order chi connectivity index (χ1) is 6.22. The summed E-state index contributed by atoms with van der Waals surface area (Å²) in [6, 6.07) is 3.78. The van der Waals surface area contributed by atoms with Crippen molar-refractivity contribution < 1.29 is 4.74 Å². The van der Waals surface area contributed by atoms with E-state index < -0.39 is 0 Å². The third-order valence-corrected chi connectivity index (χ3v) is 1.78. The van der Waals surface area contributed by atoms with E-state index in [0.29, 0.717) is 6.54 Å². The van der Waals surface area contributed by atoms with Crippen LogP contribution in [0.2, 0.25) is 0 Å². The SMILES string of the molecule is Cc1cc(OC(C)CCN)ccn1. The summed E-state index contributed by atoms with van der Waals surface area (Å²) < 4.78 is 5.62. The minimum Gasteiger partial charge on any atom is -0.491 e. The van der Waals surface area contributed by atoms with Gasteiger partial charge in [0.05, 0.1) is 6.10 Å². The minimum absolute atomic E-state index is 0.173. The average molecular weight is 180 g/mol. The van der Waals surface area contributed by atoms with Crippen molar-refractivity contribution in [2.24, 2.45) is 5.73 Å². The molecule has 0 aliphatic rings. The fourth-order valence-corrected chi connectivity index (χ4v) is 1.12. The first kappa shape index (κ1) is 9.99. The molecule has 13 heavy (non-hydrogen) atoms. The maximum atomic E-state index is 5.62. The van der Waals surface area contributed by atoms with Crippen LogP contribution in [0.4, 0.5) is 0 Å². The van der Waals surface area contributed by atoms with E-state index in [2.05, 4.69) is 4.98 Å². The summed E-state index contributed by atoms with van der Waals surface area (Å²) >= 11 is 0. The Bertz CT molecular complexity index is 263. The maximum Gasteiger partial charge on any atom is 0.123 e. The number of aromatic nitrogens is 1. The Morgan fingerprint density at radius 2 is 2.38 bits per heavy atom. The lowest BCUT2D eigenvalue weighted by atomic mass is 10.3. The lowest BCUT2D eigenvalue weighted by molar-refractivity contribution is 0.213. The molecule has 1 aromatic rings. The van der Waals surface area contributed by atoms with Crippen LogP contribution in [-0.4, -0.2) is 17.6 Å². The molecule has 1 unspecified atom stereocenters.